The van der Waals surface area contributed by atoms with Crippen LogP contribution in [0.25, 0.3) is 0 Å². The molecule has 124 valence electrons. The Balaban J connectivity index is 0.000000382. The molecule has 6 N–H and O–H groups in total. The minimum atomic E-state index is -5.20. The van der Waals surface area contributed by atoms with Gasteiger partial charge in [0.1, 0.15) is 0 Å². The quantitative estimate of drug-likeness (QED) is 0.288. The topological polar surface area (TPSA) is 181 Å². The average molecular weight is 347 g/mol. The van der Waals surface area contributed by atoms with E-state index in [-0.39, 0.29) is 11.8 Å². The molecule has 0 aromatic heterocycles. The normalized spacial score (nSPS) is 23.4. The maximum Gasteiger partial charge on any atom is 0.369 e. The van der Waals surface area contributed by atoms with Gasteiger partial charge in [0.25, 0.3) is 5.08 Å². The lowest BCUT2D eigenvalue weighted by Crippen LogP contribution is -2.28. The predicted octanol–water partition coefficient (Wildman–Crippen LogP) is -0.543. The second kappa shape index (κ2) is 6.26. The summed E-state index contributed by atoms with van der Waals surface area (Å²) in [6, 6.07) is 0. The third-order valence-corrected chi connectivity index (χ3v) is 7.01. The van der Waals surface area contributed by atoms with Gasteiger partial charge in [0.05, 0.1) is 5.41 Å². The molecular weight excluding hydrogens is 328 g/mol. The molecule has 2 amide bonds. The average Bonchev–Trinajstić information content (AvgIpc) is 2.51. The van der Waals surface area contributed by atoms with Gasteiger partial charge in [-0.2, -0.15) is 0 Å². The number of aliphatic hydroxyl groups is 1. The Labute approximate surface area is 120 Å². The third kappa shape index (κ3) is 4.69. The van der Waals surface area contributed by atoms with Gasteiger partial charge in [-0.3, -0.25) is 24.0 Å². The first kappa shape index (κ1) is 20.4. The summed E-state index contributed by atoms with van der Waals surface area (Å²) in [5, 5.41) is 7.65. The number of hydrogen-bond donors (Lipinski definition) is 6. The molecule has 1 rings (SSSR count). The maximum atomic E-state index is 11.0. The van der Waals surface area contributed by atoms with Crippen LogP contribution in [0.4, 0.5) is 0 Å². The summed E-state index contributed by atoms with van der Waals surface area (Å²) in [6.07, 6.45) is 1.08. The lowest BCUT2D eigenvalue weighted by molar-refractivity contribution is -0.128. The zero-order chi connectivity index (χ0) is 17.3. The zero-order valence-corrected chi connectivity index (χ0v) is 13.5. The number of rotatable bonds is 3. The molecule has 12 heteroatoms. The van der Waals surface area contributed by atoms with E-state index in [2.05, 4.69) is 5.32 Å². The molecule has 1 aliphatic heterocycles. The van der Waals surface area contributed by atoms with Crippen molar-refractivity contribution >= 4 is 27.0 Å². The first-order valence-electron chi connectivity index (χ1n) is 5.76. The molecule has 1 fully saturated rings. The summed E-state index contributed by atoms with van der Waals surface area (Å²) >= 11 is 0. The van der Waals surface area contributed by atoms with Crippen molar-refractivity contribution in [2.75, 3.05) is 0 Å². The van der Waals surface area contributed by atoms with Gasteiger partial charge in [-0.25, -0.2) is 0 Å². The lowest BCUT2D eigenvalue weighted by Gasteiger charge is -2.24. The molecule has 21 heavy (non-hydrogen) atoms. The second-order valence-corrected chi connectivity index (χ2v) is 9.30. The number of carbonyl (C=O) groups is 2. The van der Waals surface area contributed by atoms with Crippen molar-refractivity contribution in [3.8, 4) is 0 Å². The smallest absolute Gasteiger partial charge is 0.368 e. The van der Waals surface area contributed by atoms with Crippen molar-refractivity contribution in [2.24, 2.45) is 5.41 Å². The van der Waals surface area contributed by atoms with E-state index in [0.717, 1.165) is 6.42 Å². The van der Waals surface area contributed by atoms with E-state index in [9.17, 15) is 18.7 Å². The molecule has 0 aromatic rings. The molecule has 0 aromatic carbocycles. The summed E-state index contributed by atoms with van der Waals surface area (Å²) in [4.78, 5) is 54.7. The van der Waals surface area contributed by atoms with Crippen LogP contribution in [0.5, 0.6) is 0 Å². The first-order chi connectivity index (χ1) is 9.08. The summed E-state index contributed by atoms with van der Waals surface area (Å²) in [5.41, 5.74) is -0.433. The highest BCUT2D eigenvalue weighted by atomic mass is 31.2. The van der Waals surface area contributed by atoms with Crippen LogP contribution in [0.1, 0.15) is 33.6 Å². The van der Waals surface area contributed by atoms with E-state index in [1.165, 1.54) is 0 Å². The molecule has 1 atom stereocenters. The van der Waals surface area contributed by atoms with E-state index in [1.54, 1.807) is 0 Å². The van der Waals surface area contributed by atoms with Gasteiger partial charge >= 0.3 is 15.2 Å². The van der Waals surface area contributed by atoms with Gasteiger partial charge in [-0.1, -0.05) is 13.8 Å². The molecule has 0 aliphatic carbocycles. The fourth-order valence-corrected chi connectivity index (χ4v) is 2.57. The third-order valence-electron chi connectivity index (χ3n) is 3.24. The highest BCUT2D eigenvalue weighted by molar-refractivity contribution is 7.71. The maximum absolute atomic E-state index is 11.0. The van der Waals surface area contributed by atoms with Crippen LogP contribution in [0, 0.1) is 5.41 Å². The highest BCUT2D eigenvalue weighted by Crippen LogP contribution is 2.66. The molecule has 0 spiro atoms. The Morgan fingerprint density at radius 3 is 1.67 bits per heavy atom. The number of carbonyl (C=O) groups excluding carboxylic acids is 2. The van der Waals surface area contributed by atoms with Crippen LogP contribution in [0.15, 0.2) is 0 Å². The molecule has 0 bridgehead atoms. The van der Waals surface area contributed by atoms with Crippen molar-refractivity contribution < 1.29 is 43.4 Å². The van der Waals surface area contributed by atoms with Crippen molar-refractivity contribution in [1.29, 1.82) is 0 Å². The van der Waals surface area contributed by atoms with Gasteiger partial charge in [0.15, 0.2) is 0 Å². The van der Waals surface area contributed by atoms with E-state index < -0.39 is 25.7 Å². The summed E-state index contributed by atoms with van der Waals surface area (Å²) in [6.45, 7) is 4.11. The number of nitrogens with one attached hydrogen (secondary N) is 1. The fourth-order valence-electron chi connectivity index (χ4n) is 1.21. The SMILES string of the molecule is CC(O)(P(=O)(O)O)P(=O)(O)O.CCC1(C)CC(=O)NC1=O. The van der Waals surface area contributed by atoms with E-state index >= 15 is 0 Å². The Bertz CT molecular complexity index is 495. The van der Waals surface area contributed by atoms with Gasteiger partial charge in [0.2, 0.25) is 11.8 Å². The van der Waals surface area contributed by atoms with Gasteiger partial charge in [0, 0.05) is 6.42 Å². The second-order valence-electron chi connectivity index (χ2n) is 5.03. The molecule has 1 aliphatic rings. The largest absolute Gasteiger partial charge is 0.369 e. The van der Waals surface area contributed by atoms with Crippen LogP contribution in [0.2, 0.25) is 0 Å². The zero-order valence-electron chi connectivity index (χ0n) is 11.7. The van der Waals surface area contributed by atoms with Crippen molar-refractivity contribution in [3.63, 3.8) is 0 Å². The molecular formula is C9H19NO9P2. The van der Waals surface area contributed by atoms with Crippen LogP contribution in [-0.4, -0.2) is 41.6 Å². The van der Waals surface area contributed by atoms with Gasteiger partial charge in [-0.05, 0) is 13.3 Å². The lowest BCUT2D eigenvalue weighted by atomic mass is 9.86. The molecule has 0 radical (unpaired) electrons. The van der Waals surface area contributed by atoms with Crippen LogP contribution >= 0.6 is 15.2 Å². The monoisotopic (exact) mass is 347 g/mol. The van der Waals surface area contributed by atoms with E-state index in [1.807, 2.05) is 13.8 Å². The van der Waals surface area contributed by atoms with Crippen molar-refractivity contribution in [2.45, 2.75) is 38.7 Å². The predicted molar refractivity (Wildman–Crippen MR) is 70.9 cm³/mol. The number of hydrogen-bond acceptors (Lipinski definition) is 5. The standard InChI is InChI=1S/C7H11NO2.C2H8O7P2/c1-3-7(2)4-5(9)8-6(7)10;1-2(3,10(4,5)6)11(7,8)9/h3-4H2,1-2H3,(H,8,9,10);3H,1H3,(H2,4,5,6)(H2,7,8,9). The fraction of sp³-hybridized carbons (Fsp3) is 0.778. The minimum Gasteiger partial charge on any atom is -0.368 e. The first-order valence-corrected chi connectivity index (χ1v) is 8.99. The summed E-state index contributed by atoms with van der Waals surface area (Å²) in [7, 11) is -10.4. The molecule has 0 saturated carbocycles. The number of imide groups is 1. The summed E-state index contributed by atoms with van der Waals surface area (Å²) < 4.78 is 20.5. The molecule has 1 heterocycles. The highest BCUT2D eigenvalue weighted by Gasteiger charge is 2.55. The van der Waals surface area contributed by atoms with Crippen molar-refractivity contribution in [3.05, 3.63) is 0 Å². The minimum absolute atomic E-state index is 0.125. The Hall–Kier alpha value is -0.600. The van der Waals surface area contributed by atoms with Gasteiger partial charge in [-0.15, -0.1) is 0 Å². The Kier molecular flexibility index (Phi) is 6.08. The molecule has 1 saturated heterocycles. The van der Waals surface area contributed by atoms with Crippen LogP contribution in [0.3, 0.4) is 0 Å². The summed E-state index contributed by atoms with van der Waals surface area (Å²) in [5.74, 6) is -0.269. The van der Waals surface area contributed by atoms with Crippen molar-refractivity contribution in [1.82, 2.24) is 5.32 Å². The van der Waals surface area contributed by atoms with E-state index in [4.69, 9.17) is 24.7 Å². The van der Waals surface area contributed by atoms with Crippen LogP contribution < -0.4 is 5.32 Å². The molecule has 1 unspecified atom stereocenters. The molecule has 10 nitrogen and oxygen atoms in total. The Morgan fingerprint density at radius 2 is 1.57 bits per heavy atom. The van der Waals surface area contributed by atoms with Gasteiger partial charge < -0.3 is 24.7 Å². The van der Waals surface area contributed by atoms with Crippen LogP contribution in [-0.2, 0) is 18.7 Å². The number of amides is 2. The van der Waals surface area contributed by atoms with E-state index in [0.29, 0.717) is 13.3 Å². The Morgan fingerprint density at radius 1 is 1.19 bits per heavy atom.